The number of nitrogens with zero attached hydrogens (tertiary/aromatic N) is 1. The molecule has 0 bridgehead atoms. The molecule has 26 heavy (non-hydrogen) atoms. The maximum absolute atomic E-state index is 12.5. The SMILES string of the molecule is N#Cc1ccccc1NC(=O)c1cccc(C(=O)NCC2CCCO2)c1. The number of ether oxygens (including phenoxy) is 1. The number of anilines is 1. The highest BCUT2D eigenvalue weighted by Gasteiger charge is 2.17. The summed E-state index contributed by atoms with van der Waals surface area (Å²) < 4.78 is 5.48. The number of hydrogen-bond donors (Lipinski definition) is 2. The molecule has 132 valence electrons. The van der Waals surface area contributed by atoms with Crippen molar-refractivity contribution in [1.82, 2.24) is 5.32 Å². The van der Waals surface area contributed by atoms with Gasteiger partial charge in [-0.3, -0.25) is 9.59 Å². The number of amides is 2. The molecular formula is C20H19N3O3. The first-order valence-electron chi connectivity index (χ1n) is 8.47. The van der Waals surface area contributed by atoms with Crippen molar-refractivity contribution < 1.29 is 14.3 Å². The Morgan fingerprint density at radius 1 is 1.12 bits per heavy atom. The highest BCUT2D eigenvalue weighted by atomic mass is 16.5. The van der Waals surface area contributed by atoms with Gasteiger partial charge in [-0.2, -0.15) is 5.26 Å². The number of carbonyl (C=O) groups is 2. The Labute approximate surface area is 151 Å². The first-order valence-corrected chi connectivity index (χ1v) is 8.47. The predicted octanol–water partition coefficient (Wildman–Crippen LogP) is 2.72. The van der Waals surface area contributed by atoms with Crippen molar-refractivity contribution in [1.29, 1.82) is 5.26 Å². The van der Waals surface area contributed by atoms with Crippen LogP contribution in [0.1, 0.15) is 39.1 Å². The Hall–Kier alpha value is -3.17. The van der Waals surface area contributed by atoms with Gasteiger partial charge in [0, 0.05) is 24.3 Å². The van der Waals surface area contributed by atoms with E-state index in [-0.39, 0.29) is 17.9 Å². The van der Waals surface area contributed by atoms with E-state index in [1.807, 2.05) is 6.07 Å². The van der Waals surface area contributed by atoms with Crippen LogP contribution >= 0.6 is 0 Å². The van der Waals surface area contributed by atoms with E-state index >= 15 is 0 Å². The summed E-state index contributed by atoms with van der Waals surface area (Å²) in [4.78, 5) is 24.7. The molecule has 1 atom stereocenters. The van der Waals surface area contributed by atoms with Crippen molar-refractivity contribution >= 4 is 17.5 Å². The molecule has 2 N–H and O–H groups in total. The van der Waals surface area contributed by atoms with E-state index in [2.05, 4.69) is 10.6 Å². The number of nitrogens with one attached hydrogen (secondary N) is 2. The van der Waals surface area contributed by atoms with Crippen molar-refractivity contribution in [3.05, 3.63) is 65.2 Å². The van der Waals surface area contributed by atoms with E-state index in [0.717, 1.165) is 19.4 Å². The maximum Gasteiger partial charge on any atom is 0.255 e. The van der Waals surface area contributed by atoms with Gasteiger partial charge in [0.2, 0.25) is 0 Å². The van der Waals surface area contributed by atoms with E-state index < -0.39 is 0 Å². The second-order valence-corrected chi connectivity index (χ2v) is 6.04. The lowest BCUT2D eigenvalue weighted by Gasteiger charge is -2.11. The lowest BCUT2D eigenvalue weighted by Crippen LogP contribution is -2.31. The van der Waals surface area contributed by atoms with Crippen LogP contribution in [-0.2, 0) is 4.74 Å². The van der Waals surface area contributed by atoms with Crippen molar-refractivity contribution in [3.8, 4) is 6.07 Å². The summed E-state index contributed by atoms with van der Waals surface area (Å²) in [5, 5.41) is 14.6. The predicted molar refractivity (Wildman–Crippen MR) is 96.9 cm³/mol. The van der Waals surface area contributed by atoms with Gasteiger partial charge in [-0.1, -0.05) is 18.2 Å². The molecule has 1 saturated heterocycles. The van der Waals surface area contributed by atoms with E-state index in [1.165, 1.54) is 6.07 Å². The summed E-state index contributed by atoms with van der Waals surface area (Å²) in [5.41, 5.74) is 1.58. The van der Waals surface area contributed by atoms with Gasteiger partial charge >= 0.3 is 0 Å². The minimum absolute atomic E-state index is 0.0629. The van der Waals surface area contributed by atoms with Crippen LogP contribution in [0.25, 0.3) is 0 Å². The molecule has 6 nitrogen and oxygen atoms in total. The van der Waals surface area contributed by atoms with Crippen LogP contribution in [0.3, 0.4) is 0 Å². The number of carbonyl (C=O) groups excluding carboxylic acids is 2. The molecule has 1 aliphatic heterocycles. The van der Waals surface area contributed by atoms with Crippen molar-refractivity contribution in [3.63, 3.8) is 0 Å². The van der Waals surface area contributed by atoms with E-state index in [4.69, 9.17) is 10.00 Å². The van der Waals surface area contributed by atoms with E-state index in [1.54, 1.807) is 42.5 Å². The largest absolute Gasteiger partial charge is 0.376 e. The van der Waals surface area contributed by atoms with Crippen LogP contribution in [0.4, 0.5) is 5.69 Å². The summed E-state index contributed by atoms with van der Waals surface area (Å²) in [7, 11) is 0. The zero-order valence-electron chi connectivity index (χ0n) is 14.2. The number of benzene rings is 2. The fraction of sp³-hybridized carbons (Fsp3) is 0.250. The van der Waals surface area contributed by atoms with Crippen LogP contribution in [0.2, 0.25) is 0 Å². The van der Waals surface area contributed by atoms with Gasteiger partial charge in [0.25, 0.3) is 11.8 Å². The lowest BCUT2D eigenvalue weighted by molar-refractivity contribution is 0.0858. The first-order chi connectivity index (χ1) is 12.7. The quantitative estimate of drug-likeness (QED) is 0.868. The first kappa shape index (κ1) is 17.6. The van der Waals surface area contributed by atoms with Crippen molar-refractivity contribution in [2.24, 2.45) is 0 Å². The molecule has 1 heterocycles. The summed E-state index contributed by atoms with van der Waals surface area (Å²) in [6, 6.07) is 15.3. The molecule has 0 aliphatic carbocycles. The Kier molecular flexibility index (Phi) is 5.62. The molecule has 0 radical (unpaired) electrons. The Morgan fingerprint density at radius 3 is 2.62 bits per heavy atom. The third-order valence-corrected chi connectivity index (χ3v) is 4.20. The van der Waals surface area contributed by atoms with Crippen LogP contribution in [-0.4, -0.2) is 31.1 Å². The Balaban J connectivity index is 1.67. The molecule has 0 aromatic heterocycles. The zero-order chi connectivity index (χ0) is 18.4. The summed E-state index contributed by atoms with van der Waals surface area (Å²) in [6.07, 6.45) is 2.02. The zero-order valence-corrected chi connectivity index (χ0v) is 14.2. The minimum Gasteiger partial charge on any atom is -0.376 e. The maximum atomic E-state index is 12.5. The van der Waals surface area contributed by atoms with Crippen molar-refractivity contribution in [2.75, 3.05) is 18.5 Å². The highest BCUT2D eigenvalue weighted by Crippen LogP contribution is 2.16. The second-order valence-electron chi connectivity index (χ2n) is 6.04. The summed E-state index contributed by atoms with van der Waals surface area (Å²) in [6.45, 7) is 1.20. The topological polar surface area (TPSA) is 91.2 Å². The normalized spacial score (nSPS) is 15.9. The standard InChI is InChI=1S/C20H19N3O3/c21-12-16-5-1-2-9-18(16)23-20(25)15-7-3-6-14(11-15)19(24)22-13-17-8-4-10-26-17/h1-3,5-7,9,11,17H,4,8,10,13H2,(H,22,24)(H,23,25). The van der Waals surface area contributed by atoms with E-state index in [9.17, 15) is 9.59 Å². The molecule has 0 spiro atoms. The van der Waals surface area contributed by atoms with Crippen LogP contribution in [0, 0.1) is 11.3 Å². The average Bonchev–Trinajstić information content (AvgIpc) is 3.20. The molecule has 2 aromatic rings. The molecule has 3 rings (SSSR count). The fourth-order valence-corrected chi connectivity index (χ4v) is 2.80. The van der Waals surface area contributed by atoms with Crippen LogP contribution < -0.4 is 10.6 Å². The number of para-hydroxylation sites is 1. The molecule has 2 aromatic carbocycles. The molecule has 1 unspecified atom stereocenters. The van der Waals surface area contributed by atoms with E-state index in [0.29, 0.717) is 28.9 Å². The van der Waals surface area contributed by atoms with Crippen LogP contribution in [0.15, 0.2) is 48.5 Å². The fourth-order valence-electron chi connectivity index (χ4n) is 2.80. The lowest BCUT2D eigenvalue weighted by atomic mass is 10.1. The van der Waals surface area contributed by atoms with Gasteiger partial charge in [-0.05, 0) is 43.2 Å². The summed E-state index contributed by atoms with van der Waals surface area (Å²) >= 11 is 0. The highest BCUT2D eigenvalue weighted by molar-refractivity contribution is 6.06. The monoisotopic (exact) mass is 349 g/mol. The Bertz CT molecular complexity index is 851. The number of nitriles is 1. The van der Waals surface area contributed by atoms with Gasteiger partial charge < -0.3 is 15.4 Å². The second kappa shape index (κ2) is 8.28. The molecule has 6 heteroatoms. The smallest absolute Gasteiger partial charge is 0.255 e. The van der Waals surface area contributed by atoms with Crippen LogP contribution in [0.5, 0.6) is 0 Å². The van der Waals surface area contributed by atoms with Gasteiger partial charge in [0.1, 0.15) is 6.07 Å². The van der Waals surface area contributed by atoms with Gasteiger partial charge in [0.05, 0.1) is 17.4 Å². The summed E-state index contributed by atoms with van der Waals surface area (Å²) in [5.74, 6) is -0.617. The van der Waals surface area contributed by atoms with Gasteiger partial charge in [0.15, 0.2) is 0 Å². The Morgan fingerprint density at radius 2 is 1.88 bits per heavy atom. The minimum atomic E-state index is -0.374. The molecule has 1 fully saturated rings. The van der Waals surface area contributed by atoms with Gasteiger partial charge in [-0.15, -0.1) is 0 Å². The third-order valence-electron chi connectivity index (χ3n) is 4.20. The third kappa shape index (κ3) is 4.26. The number of hydrogen-bond acceptors (Lipinski definition) is 4. The molecular weight excluding hydrogens is 330 g/mol. The molecule has 2 amide bonds. The van der Waals surface area contributed by atoms with Crippen molar-refractivity contribution in [2.45, 2.75) is 18.9 Å². The van der Waals surface area contributed by atoms with Gasteiger partial charge in [-0.25, -0.2) is 0 Å². The molecule has 1 aliphatic rings. The molecule has 0 saturated carbocycles. The average molecular weight is 349 g/mol. The number of rotatable bonds is 5.